The Hall–Kier alpha value is -1.15. The Bertz CT molecular complexity index is 481. The largest absolute Gasteiger partial charge is 0.564 e. The number of ether oxygens (including phenoxy) is 1. The van der Waals surface area contributed by atoms with Crippen molar-refractivity contribution in [3.05, 3.63) is 34.6 Å². The molecule has 0 aromatic heterocycles. The molecule has 0 aliphatic carbocycles. The van der Waals surface area contributed by atoms with E-state index in [0.717, 1.165) is 5.56 Å². The van der Waals surface area contributed by atoms with Gasteiger partial charge < -0.3 is 15.2 Å². The lowest BCUT2D eigenvalue weighted by atomic mass is 10.2. The molecule has 0 radical (unpaired) electrons. The molecule has 0 unspecified atom stereocenters. The summed E-state index contributed by atoms with van der Waals surface area (Å²) >= 11 is 0. The lowest BCUT2D eigenvalue weighted by Crippen LogP contribution is -2.47. The summed E-state index contributed by atoms with van der Waals surface area (Å²) in [5.74, 6) is 0. The third-order valence-corrected chi connectivity index (χ3v) is 4.20. The van der Waals surface area contributed by atoms with Crippen molar-refractivity contribution in [2.75, 3.05) is 26.3 Å². The van der Waals surface area contributed by atoms with E-state index in [0.29, 0.717) is 38.5 Å². The molecule has 0 atom stereocenters. The predicted molar refractivity (Wildman–Crippen MR) is 67.4 cm³/mol. The van der Waals surface area contributed by atoms with Crippen LogP contribution in [0.25, 0.3) is 4.72 Å². The molecule has 1 fully saturated rings. The van der Waals surface area contributed by atoms with E-state index in [4.69, 9.17) is 4.74 Å². The molecule has 0 saturated carbocycles. The van der Waals surface area contributed by atoms with Crippen LogP contribution >= 0.6 is 0 Å². The maximum atomic E-state index is 12.0. The molecule has 18 heavy (non-hydrogen) atoms. The van der Waals surface area contributed by atoms with Gasteiger partial charge in [0.2, 0.25) is 0 Å². The fraction of sp³-hybridized carbons (Fsp3) is 0.455. The molecule has 1 saturated heterocycles. The zero-order valence-corrected chi connectivity index (χ0v) is 10.9. The Morgan fingerprint density at radius 1 is 1.22 bits per heavy atom. The van der Waals surface area contributed by atoms with Crippen LogP contribution in [0.15, 0.2) is 24.3 Å². The standard InChI is InChI=1S/C11H16N3O3S/c12-9-10-1-3-11(4-2-10)13-18(15,16)14-5-7-17-8-6-14/h1-4H,5-9,12H2/q-1/p+1. The SMILES string of the molecule is [NH3+]Cc1ccc([N-]S(=O)(=O)N2CCOCC2)cc1. The van der Waals surface area contributed by atoms with Crippen LogP contribution in [0.4, 0.5) is 5.69 Å². The summed E-state index contributed by atoms with van der Waals surface area (Å²) in [6.07, 6.45) is 0. The first-order chi connectivity index (χ1) is 8.62. The minimum Gasteiger partial charge on any atom is -0.564 e. The average molecular weight is 271 g/mol. The van der Waals surface area contributed by atoms with Crippen molar-refractivity contribution in [2.45, 2.75) is 6.54 Å². The van der Waals surface area contributed by atoms with E-state index in [1.165, 1.54) is 4.31 Å². The summed E-state index contributed by atoms with van der Waals surface area (Å²) in [7, 11) is -3.59. The van der Waals surface area contributed by atoms with Gasteiger partial charge in [-0.15, -0.1) is 5.69 Å². The van der Waals surface area contributed by atoms with Gasteiger partial charge in [0.05, 0.1) is 19.8 Å². The first-order valence-corrected chi connectivity index (χ1v) is 7.20. The monoisotopic (exact) mass is 271 g/mol. The van der Waals surface area contributed by atoms with E-state index in [2.05, 4.69) is 10.5 Å². The molecule has 2 rings (SSSR count). The van der Waals surface area contributed by atoms with Crippen molar-refractivity contribution < 1.29 is 18.9 Å². The number of hydrogen-bond acceptors (Lipinski definition) is 3. The number of nitrogens with zero attached hydrogens (tertiary/aromatic N) is 2. The van der Waals surface area contributed by atoms with E-state index in [-0.39, 0.29) is 0 Å². The Balaban J connectivity index is 2.06. The molecule has 100 valence electrons. The molecule has 1 heterocycles. The second-order valence-electron chi connectivity index (χ2n) is 4.00. The molecule has 0 amide bonds. The van der Waals surface area contributed by atoms with Gasteiger partial charge in [0.15, 0.2) is 10.2 Å². The van der Waals surface area contributed by atoms with Crippen molar-refractivity contribution in [1.82, 2.24) is 4.31 Å². The highest BCUT2D eigenvalue weighted by Gasteiger charge is 2.17. The normalized spacial score (nSPS) is 17.6. The van der Waals surface area contributed by atoms with Gasteiger partial charge in [-0.1, -0.05) is 24.3 Å². The van der Waals surface area contributed by atoms with Crippen molar-refractivity contribution in [1.29, 1.82) is 0 Å². The molecule has 3 N–H and O–H groups in total. The first kappa shape index (κ1) is 13.3. The van der Waals surface area contributed by atoms with Crippen LogP contribution in [0.5, 0.6) is 0 Å². The van der Waals surface area contributed by atoms with Crippen LogP contribution in [0.3, 0.4) is 0 Å². The summed E-state index contributed by atoms with van der Waals surface area (Å²) in [6, 6.07) is 7.05. The lowest BCUT2D eigenvalue weighted by molar-refractivity contribution is -0.386. The minimum atomic E-state index is -3.59. The van der Waals surface area contributed by atoms with Gasteiger partial charge in [0.25, 0.3) is 0 Å². The van der Waals surface area contributed by atoms with Gasteiger partial charge in [-0.25, -0.2) is 12.7 Å². The Morgan fingerprint density at radius 3 is 2.39 bits per heavy atom. The third kappa shape index (κ3) is 3.20. The highest BCUT2D eigenvalue weighted by Crippen LogP contribution is 2.25. The van der Waals surface area contributed by atoms with Crippen molar-refractivity contribution in [2.24, 2.45) is 0 Å². The highest BCUT2D eigenvalue weighted by atomic mass is 32.2. The fourth-order valence-electron chi connectivity index (χ4n) is 1.69. The van der Waals surface area contributed by atoms with Crippen molar-refractivity contribution in [3.63, 3.8) is 0 Å². The molecule has 1 aromatic carbocycles. The van der Waals surface area contributed by atoms with Gasteiger partial charge >= 0.3 is 0 Å². The second-order valence-corrected chi connectivity index (χ2v) is 5.59. The highest BCUT2D eigenvalue weighted by molar-refractivity contribution is 7.92. The fourth-order valence-corrected chi connectivity index (χ4v) is 2.81. The molecular weight excluding hydrogens is 254 g/mol. The Labute approximate surface area is 107 Å². The Morgan fingerprint density at radius 2 is 1.83 bits per heavy atom. The second kappa shape index (κ2) is 5.66. The van der Waals surface area contributed by atoms with Gasteiger partial charge in [-0.05, 0) is 0 Å². The minimum absolute atomic E-state index is 0.364. The molecule has 7 heteroatoms. The quantitative estimate of drug-likeness (QED) is 0.836. The number of benzene rings is 1. The predicted octanol–water partition coefficient (Wildman–Crippen LogP) is 0.0107. The van der Waals surface area contributed by atoms with Gasteiger partial charge in [-0.3, -0.25) is 0 Å². The molecule has 6 nitrogen and oxygen atoms in total. The third-order valence-electron chi connectivity index (χ3n) is 2.74. The molecule has 1 aromatic rings. The zero-order chi connectivity index (χ0) is 13.0. The molecular formula is C11H17N3O3S. The smallest absolute Gasteiger partial charge is 0.159 e. The molecule has 0 bridgehead atoms. The molecule has 0 spiro atoms. The van der Waals surface area contributed by atoms with Crippen LogP contribution in [0, 0.1) is 0 Å². The summed E-state index contributed by atoms with van der Waals surface area (Å²) < 4.78 is 34.3. The van der Waals surface area contributed by atoms with Gasteiger partial charge in [0.1, 0.15) is 0 Å². The van der Waals surface area contributed by atoms with Crippen LogP contribution in [0.2, 0.25) is 0 Å². The zero-order valence-electron chi connectivity index (χ0n) is 10.1. The van der Waals surface area contributed by atoms with Crippen LogP contribution < -0.4 is 5.73 Å². The summed E-state index contributed by atoms with van der Waals surface area (Å²) in [5.41, 5.74) is 5.26. The topological polar surface area (TPSA) is 88.3 Å². The Kier molecular flexibility index (Phi) is 4.18. The number of hydrogen-bond donors (Lipinski definition) is 1. The summed E-state index contributed by atoms with van der Waals surface area (Å²) in [5, 5.41) is 0. The number of morpholine rings is 1. The van der Waals surface area contributed by atoms with E-state index in [1.54, 1.807) is 12.1 Å². The maximum Gasteiger partial charge on any atom is 0.159 e. The van der Waals surface area contributed by atoms with Crippen molar-refractivity contribution in [3.8, 4) is 0 Å². The number of quaternary nitrogens is 1. The van der Waals surface area contributed by atoms with E-state index < -0.39 is 10.2 Å². The van der Waals surface area contributed by atoms with Gasteiger partial charge in [-0.2, -0.15) is 0 Å². The van der Waals surface area contributed by atoms with Crippen LogP contribution in [0.1, 0.15) is 5.56 Å². The van der Waals surface area contributed by atoms with E-state index in [9.17, 15) is 8.42 Å². The molecule has 1 aliphatic heterocycles. The van der Waals surface area contributed by atoms with Gasteiger partial charge in [0, 0.05) is 18.7 Å². The maximum absolute atomic E-state index is 12.0. The van der Waals surface area contributed by atoms with Crippen LogP contribution in [-0.4, -0.2) is 39.0 Å². The lowest BCUT2D eigenvalue weighted by Gasteiger charge is -2.33. The van der Waals surface area contributed by atoms with Crippen LogP contribution in [-0.2, 0) is 21.5 Å². The van der Waals surface area contributed by atoms with E-state index >= 15 is 0 Å². The van der Waals surface area contributed by atoms with Crippen molar-refractivity contribution >= 4 is 15.9 Å². The first-order valence-electron chi connectivity index (χ1n) is 5.81. The average Bonchev–Trinajstić information content (AvgIpc) is 2.40. The summed E-state index contributed by atoms with van der Waals surface area (Å²) in [6.45, 7) is 2.26. The number of rotatable bonds is 4. The molecule has 1 aliphatic rings. The van der Waals surface area contributed by atoms with E-state index in [1.807, 2.05) is 12.1 Å². The summed E-state index contributed by atoms with van der Waals surface area (Å²) in [4.78, 5) is 0.